The van der Waals surface area contributed by atoms with Gasteiger partial charge in [-0.1, -0.05) is 264 Å². The normalized spacial score (nSPS) is 11.4. The van der Waals surface area contributed by atoms with Crippen molar-refractivity contribution in [3.05, 3.63) is 194 Å². The Bertz CT molecular complexity index is 2460. The van der Waals surface area contributed by atoms with Crippen LogP contribution in [-0.4, -0.2) is 6.88 Å². The molecule has 0 heterocycles. The molecular formula is C66H82Cl2SiZr-4. The first-order chi connectivity index (χ1) is 31.1. The molecule has 0 nitrogen and oxygen atoms in total. The maximum absolute atomic E-state index is 3.06. The van der Waals surface area contributed by atoms with E-state index in [1.807, 2.05) is 0 Å². The average Bonchev–Trinajstić information content (AvgIpc) is 3.91. The van der Waals surface area contributed by atoms with Crippen LogP contribution in [0.3, 0.4) is 0 Å². The summed E-state index contributed by atoms with van der Waals surface area (Å²) in [5, 5.41) is 5.48. The maximum atomic E-state index is 3.06. The third kappa shape index (κ3) is 14.7. The summed E-state index contributed by atoms with van der Waals surface area (Å²) in [5.74, 6) is 0. The third-order valence-corrected chi connectivity index (χ3v) is 13.2. The van der Waals surface area contributed by atoms with Crippen molar-refractivity contribution in [2.24, 2.45) is 0 Å². The van der Waals surface area contributed by atoms with E-state index in [0.717, 1.165) is 12.8 Å². The number of fused-ring (bicyclic) bond motifs is 2. The van der Waals surface area contributed by atoms with Gasteiger partial charge in [-0.2, -0.15) is 12.1 Å². The van der Waals surface area contributed by atoms with Crippen LogP contribution in [0.1, 0.15) is 143 Å². The summed E-state index contributed by atoms with van der Waals surface area (Å²) in [4.78, 5) is 0. The second kappa shape index (κ2) is 25.7. The van der Waals surface area contributed by atoms with E-state index < -0.39 is 0 Å². The fourth-order valence-electron chi connectivity index (χ4n) is 9.19. The Labute approximate surface area is 455 Å². The van der Waals surface area contributed by atoms with Crippen molar-refractivity contribution in [3.63, 3.8) is 0 Å². The predicted octanol–water partition coefficient (Wildman–Crippen LogP) is 20.2. The van der Waals surface area contributed by atoms with Crippen LogP contribution in [0.5, 0.6) is 0 Å². The fourth-order valence-corrected chi connectivity index (χ4v) is 9.19. The Kier molecular flexibility index (Phi) is 22.9. The molecule has 0 aliphatic carbocycles. The monoisotopic (exact) mass is 1060 g/mol. The summed E-state index contributed by atoms with van der Waals surface area (Å²) in [7, 11) is 0. The molecule has 0 unspecified atom stereocenters. The van der Waals surface area contributed by atoms with Crippen LogP contribution in [-0.2, 0) is 57.8 Å². The Morgan fingerprint density at radius 1 is 0.357 bits per heavy atom. The van der Waals surface area contributed by atoms with Crippen molar-refractivity contribution in [2.75, 3.05) is 0 Å². The van der Waals surface area contributed by atoms with Crippen molar-refractivity contribution >= 4 is 53.2 Å². The molecule has 0 saturated heterocycles. The number of aryl methyl sites for hydroxylation is 2. The van der Waals surface area contributed by atoms with Gasteiger partial charge in [0.05, 0.1) is 0 Å². The van der Waals surface area contributed by atoms with Crippen molar-refractivity contribution < 1.29 is 23.3 Å². The van der Waals surface area contributed by atoms with Gasteiger partial charge in [-0.05, 0) is 67.9 Å². The van der Waals surface area contributed by atoms with Crippen molar-refractivity contribution in [3.8, 4) is 44.5 Å². The fraction of sp³-hybridized carbons (Fsp3) is 0.333. The van der Waals surface area contributed by atoms with Gasteiger partial charge >= 0.3 is 30.2 Å². The van der Waals surface area contributed by atoms with Gasteiger partial charge in [-0.3, -0.25) is 0 Å². The van der Waals surface area contributed by atoms with E-state index in [9.17, 15) is 0 Å². The van der Waals surface area contributed by atoms with Crippen molar-refractivity contribution in [1.82, 2.24) is 0 Å². The molecule has 0 bridgehead atoms. The molecule has 0 fully saturated rings. The minimum absolute atomic E-state index is 0. The Morgan fingerprint density at radius 3 is 0.786 bits per heavy atom. The molecule has 0 saturated carbocycles. The predicted molar refractivity (Wildman–Crippen MR) is 317 cm³/mol. The van der Waals surface area contributed by atoms with E-state index in [0.29, 0.717) is 0 Å². The topological polar surface area (TPSA) is 0 Å². The van der Waals surface area contributed by atoms with Gasteiger partial charge in [0, 0.05) is 0 Å². The Morgan fingerprint density at radius 2 is 0.571 bits per heavy atom. The van der Waals surface area contributed by atoms with Crippen molar-refractivity contribution in [2.45, 2.75) is 144 Å². The van der Waals surface area contributed by atoms with E-state index in [4.69, 9.17) is 0 Å². The minimum atomic E-state index is 0. The second-order valence-electron chi connectivity index (χ2n) is 22.5. The van der Waals surface area contributed by atoms with Gasteiger partial charge in [-0.15, -0.1) is 69.6 Å². The van der Waals surface area contributed by atoms with Gasteiger partial charge < -0.3 is 14.9 Å². The number of hydrogen-bond acceptors (Lipinski definition) is 0. The SMILES string of the molecule is CCCc1cc2c(-c3ccc(C(C)(C)C)cc3)ccc(-c3ccc(C(C)(C)C)cc3)c2[cH-]1.CCCc1cc2c(-c3ccc(C(C)(C)C)cc3)ccc(-c3ccc(C(C)(C)C)cc3)c2[cH-]1.Cl.Cl.[CH3-].[CH3-].[Si]=[Zr]. The molecule has 0 aliphatic rings. The average molecular weight is 1070 g/mol. The molecule has 70 heavy (non-hydrogen) atoms. The van der Waals surface area contributed by atoms with Gasteiger partial charge in [0.25, 0.3) is 0 Å². The van der Waals surface area contributed by atoms with E-state index in [-0.39, 0.29) is 61.3 Å². The van der Waals surface area contributed by atoms with Gasteiger partial charge in [0.15, 0.2) is 0 Å². The zero-order valence-electron chi connectivity index (χ0n) is 45.5. The first-order valence-corrected chi connectivity index (χ1v) is 28.5. The second-order valence-corrected chi connectivity index (χ2v) is 22.5. The van der Waals surface area contributed by atoms with Crippen LogP contribution in [0.15, 0.2) is 146 Å². The van der Waals surface area contributed by atoms with Crippen LogP contribution in [0.4, 0.5) is 0 Å². The molecule has 372 valence electrons. The summed E-state index contributed by atoms with van der Waals surface area (Å²) >= 11 is 1.36. The van der Waals surface area contributed by atoms with Gasteiger partial charge in [-0.25, -0.2) is 0 Å². The first kappa shape index (κ1) is 62.3. The number of benzene rings is 6. The van der Waals surface area contributed by atoms with Crippen LogP contribution < -0.4 is 0 Å². The quantitative estimate of drug-likeness (QED) is 0.105. The molecular weight excluding hydrogens is 983 g/mol. The number of halogens is 2. The van der Waals surface area contributed by atoms with Gasteiger partial charge in [0.1, 0.15) is 0 Å². The summed E-state index contributed by atoms with van der Waals surface area (Å²) < 4.78 is 0. The van der Waals surface area contributed by atoms with Crippen LogP contribution in [0, 0.1) is 14.9 Å². The summed E-state index contributed by atoms with van der Waals surface area (Å²) in [6.45, 7) is 34.8. The summed E-state index contributed by atoms with van der Waals surface area (Å²) in [5.41, 5.74) is 19.6. The number of rotatable bonds is 8. The third-order valence-electron chi connectivity index (χ3n) is 13.2. The van der Waals surface area contributed by atoms with Gasteiger partial charge in [0.2, 0.25) is 0 Å². The zero-order valence-corrected chi connectivity index (χ0v) is 50.6. The van der Waals surface area contributed by atoms with Crippen LogP contribution >= 0.6 is 24.8 Å². The first-order valence-electron chi connectivity index (χ1n) is 24.3. The summed E-state index contributed by atoms with van der Waals surface area (Å²) in [6, 6.07) is 55.6. The molecule has 0 atom stereocenters. The number of hydrogen-bond donors (Lipinski definition) is 0. The van der Waals surface area contributed by atoms with E-state index in [2.05, 4.69) is 249 Å². The van der Waals surface area contributed by atoms with E-state index >= 15 is 0 Å². The van der Waals surface area contributed by atoms with E-state index in [1.165, 1.54) is 136 Å². The van der Waals surface area contributed by atoms with Crippen LogP contribution in [0.25, 0.3) is 66.1 Å². The molecule has 0 amide bonds. The molecule has 0 aromatic heterocycles. The summed E-state index contributed by atoms with van der Waals surface area (Å²) in [6.07, 6.45) is 4.59. The Hall–Kier alpha value is -3.78. The molecule has 8 rings (SSSR count). The van der Waals surface area contributed by atoms with Crippen molar-refractivity contribution in [1.29, 1.82) is 0 Å². The molecule has 8 aromatic rings. The Balaban J connectivity index is 0.000000439. The molecule has 4 heteroatoms. The molecule has 0 spiro atoms. The molecule has 0 N–H and O–H groups in total. The van der Waals surface area contributed by atoms with E-state index in [1.54, 1.807) is 0 Å². The molecule has 0 aliphatic heterocycles. The molecule has 2 radical (unpaired) electrons. The zero-order chi connectivity index (χ0) is 48.2. The molecule has 8 aromatic carbocycles. The van der Waals surface area contributed by atoms with Crippen LogP contribution in [0.2, 0.25) is 0 Å². The standard InChI is InChI=1S/2C32H37.2CH3.2ClH.Si.Zr/c2*1-8-9-22-20-29-27(23-10-14-25(15-11-23)31(2,3)4)18-19-28(30(29)21-22)24-12-16-26(17-13-24)32(5,6)7;;;;;;/h2*10-21H,8-9H2,1-7H3;2*1H3;2*1H;;/q4*-1;;;;.